The Morgan fingerprint density at radius 1 is 0.756 bits per heavy atom. The third-order valence-electron chi connectivity index (χ3n) is 7.15. The highest BCUT2D eigenvalue weighted by atomic mass is 16.6. The molecule has 1 heterocycles. The quantitative estimate of drug-likeness (QED) is 0.150. The lowest BCUT2D eigenvalue weighted by Crippen LogP contribution is -2.28. The van der Waals surface area contributed by atoms with Crippen LogP contribution in [-0.4, -0.2) is 39.2 Å². The topological polar surface area (TPSA) is 94.4 Å². The Hall–Kier alpha value is -4.26. The molecule has 3 aromatic carbocycles. The molecule has 0 aliphatic heterocycles. The molecule has 1 N–H and O–H groups in total. The summed E-state index contributed by atoms with van der Waals surface area (Å²) >= 11 is 0. The maximum atomic E-state index is 12.4. The van der Waals surface area contributed by atoms with Crippen molar-refractivity contribution in [3.8, 4) is 45.7 Å². The Labute approximate surface area is 242 Å². The molecule has 4 aromatic rings. The molecular weight excluding hydrogens is 514 g/mol. The van der Waals surface area contributed by atoms with E-state index < -0.39 is 12.1 Å². The molecule has 0 amide bonds. The Kier molecular flexibility index (Phi) is 9.71. The summed E-state index contributed by atoms with van der Waals surface area (Å²) in [4.78, 5) is 26.8. The van der Waals surface area contributed by atoms with Crippen molar-refractivity contribution in [1.29, 1.82) is 0 Å². The number of phenolic OH excluding ortho intramolecular Hbond substituents is 1. The zero-order valence-corrected chi connectivity index (χ0v) is 24.8. The molecule has 1 atom stereocenters. The molecule has 0 aliphatic rings. The fourth-order valence-electron chi connectivity index (χ4n) is 4.92. The average Bonchev–Trinajstić information content (AvgIpc) is 2.94. The van der Waals surface area contributed by atoms with E-state index in [4.69, 9.17) is 24.4 Å². The van der Waals surface area contributed by atoms with Crippen molar-refractivity contribution in [3.05, 3.63) is 76.9 Å². The van der Waals surface area contributed by atoms with Crippen molar-refractivity contribution in [3.63, 3.8) is 0 Å². The summed E-state index contributed by atoms with van der Waals surface area (Å²) in [6, 6.07) is 17.2. The van der Waals surface area contributed by atoms with E-state index in [-0.39, 0.29) is 5.75 Å². The number of aromatic nitrogens is 3. The number of methoxy groups -OCH3 is 1. The number of hydrogen-bond donors (Lipinski definition) is 1. The minimum atomic E-state index is -0.744. The number of rotatable bonds is 11. The molecular formula is C34H39N3O4. The molecule has 7 nitrogen and oxygen atoms in total. The molecule has 1 aromatic heterocycles. The molecule has 0 fully saturated rings. The van der Waals surface area contributed by atoms with Gasteiger partial charge in [-0.2, -0.15) is 0 Å². The van der Waals surface area contributed by atoms with Crippen molar-refractivity contribution >= 4 is 5.97 Å². The van der Waals surface area contributed by atoms with Crippen molar-refractivity contribution in [2.45, 2.75) is 72.8 Å². The molecule has 41 heavy (non-hydrogen) atoms. The second-order valence-electron chi connectivity index (χ2n) is 10.6. The normalized spacial score (nSPS) is 11.8. The lowest BCUT2D eigenvalue weighted by atomic mass is 10.0. The van der Waals surface area contributed by atoms with E-state index in [1.54, 1.807) is 12.1 Å². The second kappa shape index (κ2) is 13.4. The van der Waals surface area contributed by atoms with E-state index in [2.05, 4.69) is 19.1 Å². The van der Waals surface area contributed by atoms with Gasteiger partial charge >= 0.3 is 5.97 Å². The molecule has 0 aliphatic carbocycles. The number of unbranched alkanes of at least 4 members (excludes halogenated alkanes) is 3. The van der Waals surface area contributed by atoms with Gasteiger partial charge in [-0.05, 0) is 63.8 Å². The molecule has 0 saturated heterocycles. The number of aromatic hydroxyl groups is 1. The van der Waals surface area contributed by atoms with Crippen LogP contribution in [-0.2, 0) is 9.53 Å². The van der Waals surface area contributed by atoms with Gasteiger partial charge in [0.05, 0.1) is 12.7 Å². The van der Waals surface area contributed by atoms with E-state index in [0.29, 0.717) is 35.2 Å². The largest absolute Gasteiger partial charge is 0.507 e. The Bertz CT molecular complexity index is 1460. The first-order valence-corrected chi connectivity index (χ1v) is 14.2. The van der Waals surface area contributed by atoms with E-state index in [1.807, 2.05) is 52.0 Å². The highest BCUT2D eigenvalue weighted by molar-refractivity contribution is 5.75. The van der Waals surface area contributed by atoms with Crippen molar-refractivity contribution in [1.82, 2.24) is 15.0 Å². The van der Waals surface area contributed by atoms with Gasteiger partial charge in [-0.3, -0.25) is 0 Å². The SMILES string of the molecule is CCCCCCC(Oc1ccc(-c2nc(-c3ccc(C)cc3C)nc(-c3ccc(C)cc3C)n2)c(O)c1)C(=O)OC. The first-order chi connectivity index (χ1) is 19.7. The number of hydrogen-bond acceptors (Lipinski definition) is 7. The minimum Gasteiger partial charge on any atom is -0.507 e. The van der Waals surface area contributed by atoms with Crippen LogP contribution in [0.3, 0.4) is 0 Å². The number of esters is 1. The number of carbonyl (C=O) groups is 1. The van der Waals surface area contributed by atoms with Gasteiger partial charge in [0.1, 0.15) is 11.5 Å². The Morgan fingerprint density at radius 3 is 1.78 bits per heavy atom. The zero-order valence-electron chi connectivity index (χ0n) is 24.8. The minimum absolute atomic E-state index is 0.0542. The smallest absolute Gasteiger partial charge is 0.347 e. The Balaban J connectivity index is 1.74. The van der Waals surface area contributed by atoms with Gasteiger partial charge in [0.15, 0.2) is 23.6 Å². The molecule has 0 bridgehead atoms. The van der Waals surface area contributed by atoms with Crippen molar-refractivity contribution in [2.24, 2.45) is 0 Å². The summed E-state index contributed by atoms with van der Waals surface area (Å²) in [5.74, 6) is 1.29. The number of phenols is 1. The summed E-state index contributed by atoms with van der Waals surface area (Å²) in [5, 5.41) is 11.1. The molecule has 1 unspecified atom stereocenters. The van der Waals surface area contributed by atoms with Gasteiger partial charge in [-0.25, -0.2) is 19.7 Å². The molecule has 4 rings (SSSR count). The second-order valence-corrected chi connectivity index (χ2v) is 10.6. The monoisotopic (exact) mass is 553 g/mol. The van der Waals surface area contributed by atoms with E-state index in [1.165, 1.54) is 13.2 Å². The molecule has 0 radical (unpaired) electrons. The third-order valence-corrected chi connectivity index (χ3v) is 7.15. The first-order valence-electron chi connectivity index (χ1n) is 14.2. The highest BCUT2D eigenvalue weighted by Crippen LogP contribution is 2.34. The van der Waals surface area contributed by atoms with E-state index in [9.17, 15) is 9.90 Å². The Morgan fingerprint density at radius 2 is 1.29 bits per heavy atom. The number of nitrogens with zero attached hydrogens (tertiary/aromatic N) is 3. The standard InChI is InChI=1S/C34H39N3O4/c1-7-8-9-10-11-30(34(39)40-6)41-25-14-17-28(29(38)20-25)33-36-31(26-15-12-21(2)18-23(26)4)35-32(37-33)27-16-13-22(3)19-24(27)5/h12-20,30,38H,7-11H2,1-6H3. The fourth-order valence-corrected chi connectivity index (χ4v) is 4.92. The fraction of sp³-hybridized carbons (Fsp3) is 0.353. The van der Waals surface area contributed by atoms with Gasteiger partial charge in [0, 0.05) is 17.2 Å². The predicted octanol–water partition coefficient (Wildman–Crippen LogP) is 7.70. The zero-order chi connectivity index (χ0) is 29.5. The third kappa shape index (κ3) is 7.28. The van der Waals surface area contributed by atoms with E-state index in [0.717, 1.165) is 59.1 Å². The average molecular weight is 554 g/mol. The van der Waals surface area contributed by atoms with Crippen LogP contribution in [0.4, 0.5) is 0 Å². The summed E-state index contributed by atoms with van der Waals surface area (Å²) in [5.41, 5.74) is 6.64. The predicted molar refractivity (Wildman–Crippen MR) is 162 cm³/mol. The van der Waals surface area contributed by atoms with Gasteiger partial charge in [-0.1, -0.05) is 73.7 Å². The van der Waals surface area contributed by atoms with Gasteiger partial charge in [-0.15, -0.1) is 0 Å². The molecule has 214 valence electrons. The molecule has 0 saturated carbocycles. The number of carbonyl (C=O) groups excluding carboxylic acids is 1. The lowest BCUT2D eigenvalue weighted by molar-refractivity contribution is -0.149. The van der Waals surface area contributed by atoms with Crippen LogP contribution < -0.4 is 4.74 Å². The van der Waals surface area contributed by atoms with Crippen molar-refractivity contribution in [2.75, 3.05) is 7.11 Å². The van der Waals surface area contributed by atoms with Crippen LogP contribution >= 0.6 is 0 Å². The molecule has 7 heteroatoms. The van der Waals surface area contributed by atoms with Gasteiger partial charge in [0.25, 0.3) is 0 Å². The van der Waals surface area contributed by atoms with Crippen LogP contribution in [0.2, 0.25) is 0 Å². The van der Waals surface area contributed by atoms with Crippen LogP contribution in [0.5, 0.6) is 11.5 Å². The summed E-state index contributed by atoms with van der Waals surface area (Å²) < 4.78 is 10.9. The van der Waals surface area contributed by atoms with Crippen LogP contribution in [0.15, 0.2) is 54.6 Å². The lowest BCUT2D eigenvalue weighted by Gasteiger charge is -2.18. The van der Waals surface area contributed by atoms with Gasteiger partial charge < -0.3 is 14.6 Å². The first kappa shape index (κ1) is 29.7. The van der Waals surface area contributed by atoms with Crippen LogP contribution in [0, 0.1) is 27.7 Å². The number of ether oxygens (including phenoxy) is 2. The maximum absolute atomic E-state index is 12.4. The highest BCUT2D eigenvalue weighted by Gasteiger charge is 2.22. The van der Waals surface area contributed by atoms with Crippen molar-refractivity contribution < 1.29 is 19.4 Å². The maximum Gasteiger partial charge on any atom is 0.347 e. The summed E-state index contributed by atoms with van der Waals surface area (Å²) in [6.07, 6.45) is 3.87. The number of aryl methyl sites for hydroxylation is 4. The number of benzene rings is 3. The summed E-state index contributed by atoms with van der Waals surface area (Å²) in [7, 11) is 1.35. The summed E-state index contributed by atoms with van der Waals surface area (Å²) in [6.45, 7) is 10.3. The molecule has 0 spiro atoms. The van der Waals surface area contributed by atoms with E-state index >= 15 is 0 Å². The van der Waals surface area contributed by atoms with Gasteiger partial charge in [0.2, 0.25) is 0 Å². The van der Waals surface area contributed by atoms with Crippen LogP contribution in [0.1, 0.15) is 61.3 Å². The van der Waals surface area contributed by atoms with Crippen LogP contribution in [0.25, 0.3) is 34.2 Å².